The van der Waals surface area contributed by atoms with Crippen molar-refractivity contribution < 1.29 is 4.79 Å². The molecule has 0 radical (unpaired) electrons. The minimum atomic E-state index is -0.173. The minimum absolute atomic E-state index is 0.0124. The van der Waals surface area contributed by atoms with Crippen LogP contribution in [-0.2, 0) is 11.2 Å². The zero-order valence-corrected chi connectivity index (χ0v) is 15.5. The van der Waals surface area contributed by atoms with Gasteiger partial charge in [-0.2, -0.15) is 0 Å². The molecule has 1 saturated carbocycles. The zero-order valence-electron chi connectivity index (χ0n) is 14.7. The molecule has 0 unspecified atom stereocenters. The molecule has 1 atom stereocenters. The Morgan fingerprint density at radius 2 is 1.93 bits per heavy atom. The quantitative estimate of drug-likeness (QED) is 0.682. The fourth-order valence-electron chi connectivity index (χ4n) is 3.30. The summed E-state index contributed by atoms with van der Waals surface area (Å²) in [6.45, 7) is 0. The Balaban J connectivity index is 1.43. The number of aryl methyl sites for hydroxylation is 1. The first kappa shape index (κ1) is 17.7. The summed E-state index contributed by atoms with van der Waals surface area (Å²) in [6.07, 6.45) is 2.91. The maximum Gasteiger partial charge on any atom is 0.258 e. The Morgan fingerprint density at radius 3 is 2.67 bits per heavy atom. The third-order valence-corrected chi connectivity index (χ3v) is 5.14. The number of H-pyrrole nitrogens is 1. The highest BCUT2D eigenvalue weighted by Gasteiger charge is 2.33. The van der Waals surface area contributed by atoms with E-state index in [1.807, 2.05) is 30.3 Å². The van der Waals surface area contributed by atoms with E-state index in [9.17, 15) is 9.59 Å². The highest BCUT2D eigenvalue weighted by molar-refractivity contribution is 6.30. The van der Waals surface area contributed by atoms with E-state index in [-0.39, 0.29) is 23.9 Å². The number of carbonyl (C=O) groups is 1. The van der Waals surface area contributed by atoms with Crippen LogP contribution in [0.3, 0.4) is 0 Å². The molecule has 0 bridgehead atoms. The van der Waals surface area contributed by atoms with Crippen LogP contribution < -0.4 is 10.9 Å². The molecule has 27 heavy (non-hydrogen) atoms. The predicted octanol–water partition coefficient (Wildman–Crippen LogP) is 3.78. The number of aromatic amines is 1. The average Bonchev–Trinajstić information content (AvgIpc) is 3.50. The lowest BCUT2D eigenvalue weighted by atomic mass is 10.0. The maximum absolute atomic E-state index is 12.5. The van der Waals surface area contributed by atoms with Crippen molar-refractivity contribution >= 4 is 28.4 Å². The average molecular weight is 382 g/mol. The Bertz CT molecular complexity index is 1030. The number of halogens is 1. The van der Waals surface area contributed by atoms with Crippen LogP contribution in [0.5, 0.6) is 0 Å². The number of hydrogen-bond donors (Lipinski definition) is 2. The Hall–Kier alpha value is -2.66. The molecule has 6 heteroatoms. The molecule has 5 nitrogen and oxygen atoms in total. The van der Waals surface area contributed by atoms with Crippen molar-refractivity contribution in [1.82, 2.24) is 15.3 Å². The first-order valence-electron chi connectivity index (χ1n) is 9.13. The number of para-hydroxylation sites is 1. The van der Waals surface area contributed by atoms with Gasteiger partial charge < -0.3 is 10.3 Å². The number of hydrogen-bond acceptors (Lipinski definition) is 3. The zero-order chi connectivity index (χ0) is 18.8. The predicted molar refractivity (Wildman–Crippen MR) is 106 cm³/mol. The lowest BCUT2D eigenvalue weighted by Crippen LogP contribution is -2.30. The van der Waals surface area contributed by atoms with E-state index in [0.717, 1.165) is 18.4 Å². The van der Waals surface area contributed by atoms with Crippen molar-refractivity contribution in [3.63, 3.8) is 0 Å². The number of nitrogens with one attached hydrogen (secondary N) is 2. The van der Waals surface area contributed by atoms with E-state index in [1.165, 1.54) is 0 Å². The number of carbonyl (C=O) groups excluding carboxylic acids is 1. The van der Waals surface area contributed by atoms with Gasteiger partial charge in [0.2, 0.25) is 5.91 Å². The van der Waals surface area contributed by atoms with Gasteiger partial charge in [-0.25, -0.2) is 4.98 Å². The number of rotatable bonds is 6. The summed E-state index contributed by atoms with van der Waals surface area (Å²) in [7, 11) is 0. The molecule has 3 aromatic rings. The summed E-state index contributed by atoms with van der Waals surface area (Å²) in [5.74, 6) is 0.967. The molecule has 138 valence electrons. The third kappa shape index (κ3) is 4.19. The number of amides is 1. The fourth-order valence-corrected chi connectivity index (χ4v) is 3.43. The summed E-state index contributed by atoms with van der Waals surface area (Å²) in [4.78, 5) is 31.8. The second kappa shape index (κ2) is 7.53. The highest BCUT2D eigenvalue weighted by atomic mass is 35.5. The van der Waals surface area contributed by atoms with Gasteiger partial charge in [0.25, 0.3) is 5.56 Å². The summed E-state index contributed by atoms with van der Waals surface area (Å²) < 4.78 is 0. The third-order valence-electron chi connectivity index (χ3n) is 4.89. The molecule has 0 spiro atoms. The molecule has 1 aromatic heterocycles. The summed E-state index contributed by atoms with van der Waals surface area (Å²) in [6, 6.07) is 14.8. The topological polar surface area (TPSA) is 74.8 Å². The minimum Gasteiger partial charge on any atom is -0.349 e. The van der Waals surface area contributed by atoms with Crippen molar-refractivity contribution in [1.29, 1.82) is 0 Å². The van der Waals surface area contributed by atoms with E-state index in [1.54, 1.807) is 18.2 Å². The molecule has 1 amide bonds. The number of nitrogens with zero attached hydrogens (tertiary/aromatic N) is 1. The van der Waals surface area contributed by atoms with Crippen LogP contribution in [0.2, 0.25) is 5.02 Å². The van der Waals surface area contributed by atoms with Crippen LogP contribution in [0.1, 0.15) is 36.7 Å². The molecule has 4 rings (SSSR count). The van der Waals surface area contributed by atoms with Gasteiger partial charge in [-0.3, -0.25) is 9.59 Å². The van der Waals surface area contributed by atoms with Crippen LogP contribution in [-0.4, -0.2) is 15.9 Å². The van der Waals surface area contributed by atoms with Crippen molar-refractivity contribution in [2.45, 2.75) is 31.7 Å². The fraction of sp³-hybridized carbons (Fsp3) is 0.286. The van der Waals surface area contributed by atoms with Crippen molar-refractivity contribution in [2.75, 3.05) is 0 Å². The largest absolute Gasteiger partial charge is 0.349 e. The lowest BCUT2D eigenvalue weighted by Gasteiger charge is -2.19. The highest BCUT2D eigenvalue weighted by Crippen LogP contribution is 2.41. The standard InChI is InChI=1S/C21H20ClN3O2/c22-15-9-7-14(8-10-15)20(13-5-6-13)25-19(26)12-11-18-23-17-4-2-1-3-16(17)21(27)24-18/h1-4,7-10,13,20H,5-6,11-12H2,(H,25,26)(H,23,24,27)/t20-/m0/s1. The van der Waals surface area contributed by atoms with Crippen LogP contribution in [0, 0.1) is 5.92 Å². The maximum atomic E-state index is 12.5. The molecule has 2 N–H and O–H groups in total. The van der Waals surface area contributed by atoms with Crippen LogP contribution >= 0.6 is 11.6 Å². The summed E-state index contributed by atoms with van der Waals surface area (Å²) >= 11 is 5.97. The first-order chi connectivity index (χ1) is 13.1. The van der Waals surface area contributed by atoms with Crippen molar-refractivity contribution in [2.24, 2.45) is 5.92 Å². The number of benzene rings is 2. The van der Waals surface area contributed by atoms with Crippen LogP contribution in [0.4, 0.5) is 0 Å². The Labute approximate surface area is 161 Å². The van der Waals surface area contributed by atoms with E-state index in [2.05, 4.69) is 15.3 Å². The Kier molecular flexibility index (Phi) is 4.94. The number of aromatic nitrogens is 2. The monoisotopic (exact) mass is 381 g/mol. The van der Waals surface area contributed by atoms with Gasteiger partial charge in [0, 0.05) is 17.9 Å². The van der Waals surface area contributed by atoms with Crippen LogP contribution in [0.15, 0.2) is 53.3 Å². The van der Waals surface area contributed by atoms with Gasteiger partial charge in [-0.05, 0) is 48.6 Å². The molecule has 1 aliphatic rings. The van der Waals surface area contributed by atoms with E-state index >= 15 is 0 Å². The molecule has 1 aliphatic carbocycles. The molecule has 1 fully saturated rings. The van der Waals surface area contributed by atoms with Gasteiger partial charge in [0.1, 0.15) is 5.82 Å². The van der Waals surface area contributed by atoms with E-state index in [0.29, 0.717) is 34.1 Å². The number of fused-ring (bicyclic) bond motifs is 1. The SMILES string of the molecule is O=C(CCc1nc2ccccc2c(=O)[nH]1)N[C@H](c1ccc(Cl)cc1)C1CC1. The van der Waals surface area contributed by atoms with Crippen LogP contribution in [0.25, 0.3) is 10.9 Å². The van der Waals surface area contributed by atoms with Gasteiger partial charge in [-0.15, -0.1) is 0 Å². The summed E-state index contributed by atoms with van der Waals surface area (Å²) in [5.41, 5.74) is 1.55. The molecular weight excluding hydrogens is 362 g/mol. The smallest absolute Gasteiger partial charge is 0.258 e. The molecule has 0 aliphatic heterocycles. The van der Waals surface area contributed by atoms with Gasteiger partial charge >= 0.3 is 0 Å². The van der Waals surface area contributed by atoms with E-state index in [4.69, 9.17) is 11.6 Å². The van der Waals surface area contributed by atoms with E-state index < -0.39 is 0 Å². The van der Waals surface area contributed by atoms with Gasteiger partial charge in [0.15, 0.2) is 0 Å². The molecule has 2 aromatic carbocycles. The normalized spacial score (nSPS) is 14.9. The second-order valence-electron chi connectivity index (χ2n) is 6.96. The Morgan fingerprint density at radius 1 is 1.19 bits per heavy atom. The lowest BCUT2D eigenvalue weighted by molar-refractivity contribution is -0.122. The molecular formula is C21H20ClN3O2. The van der Waals surface area contributed by atoms with Crippen molar-refractivity contribution in [3.8, 4) is 0 Å². The van der Waals surface area contributed by atoms with Crippen molar-refractivity contribution in [3.05, 3.63) is 75.3 Å². The second-order valence-corrected chi connectivity index (χ2v) is 7.40. The van der Waals surface area contributed by atoms with Gasteiger partial charge in [-0.1, -0.05) is 35.9 Å². The first-order valence-corrected chi connectivity index (χ1v) is 9.51. The molecule has 0 saturated heterocycles. The van der Waals surface area contributed by atoms with Gasteiger partial charge in [0.05, 0.1) is 16.9 Å². The molecule has 1 heterocycles. The summed E-state index contributed by atoms with van der Waals surface area (Å²) in [5, 5.41) is 4.38.